The van der Waals surface area contributed by atoms with E-state index < -0.39 is 0 Å². The third kappa shape index (κ3) is 3.22. The number of likely N-dealkylation sites (tertiary alicyclic amines) is 1. The van der Waals surface area contributed by atoms with Gasteiger partial charge in [-0.1, -0.05) is 6.07 Å². The largest absolute Gasteiger partial charge is 0.484 e. The number of hydrogen-bond donors (Lipinski definition) is 1. The Kier molecular flexibility index (Phi) is 4.23. The lowest BCUT2D eigenvalue weighted by Gasteiger charge is -2.43. The molecule has 0 unspecified atom stereocenters. The molecule has 2 aliphatic heterocycles. The zero-order chi connectivity index (χ0) is 19.1. The van der Waals surface area contributed by atoms with Gasteiger partial charge in [-0.2, -0.15) is 0 Å². The van der Waals surface area contributed by atoms with Crippen LogP contribution >= 0.6 is 11.3 Å². The minimum absolute atomic E-state index is 0.0145. The number of carbonyl (C=O) groups excluding carboxylic acids is 1. The molecule has 0 aliphatic carbocycles. The number of halogens is 1. The van der Waals surface area contributed by atoms with Crippen LogP contribution in [-0.4, -0.2) is 59.2 Å². The predicted octanol–water partition coefficient (Wildman–Crippen LogP) is 2.49. The molecule has 0 saturated carbocycles. The standard InChI is InChI=1S/C19H18FN5O2S/c20-12-4-5-17(21-6-12)24-7-13(8-24)23-19(26)25-9-14(10-25)27-15-2-1-3-16-18(15)22-11-28-16/h1-6,11,13-14H,7-10H2,(H,23,26). The molecule has 2 aliphatic rings. The quantitative estimate of drug-likeness (QED) is 0.730. The molecule has 0 spiro atoms. The van der Waals surface area contributed by atoms with Gasteiger partial charge in [-0.05, 0) is 24.3 Å². The van der Waals surface area contributed by atoms with Crippen molar-refractivity contribution < 1.29 is 13.9 Å². The Morgan fingerprint density at radius 3 is 2.82 bits per heavy atom. The summed E-state index contributed by atoms with van der Waals surface area (Å²) < 4.78 is 20.0. The SMILES string of the molecule is O=C(NC1CN(c2ccc(F)cn2)C1)N1CC(Oc2cccc3scnc23)C1. The van der Waals surface area contributed by atoms with Gasteiger partial charge in [-0.25, -0.2) is 19.2 Å². The van der Waals surface area contributed by atoms with Gasteiger partial charge in [0.05, 0.1) is 35.5 Å². The Balaban J connectivity index is 1.08. The summed E-state index contributed by atoms with van der Waals surface area (Å²) in [6.45, 7) is 2.46. The molecule has 0 bridgehead atoms. The molecule has 2 saturated heterocycles. The van der Waals surface area contributed by atoms with Gasteiger partial charge in [0.15, 0.2) is 0 Å². The second-order valence-corrected chi connectivity index (χ2v) is 7.87. The molecule has 7 nitrogen and oxygen atoms in total. The number of para-hydroxylation sites is 1. The zero-order valence-corrected chi connectivity index (χ0v) is 15.7. The Morgan fingerprint density at radius 2 is 2.04 bits per heavy atom. The van der Waals surface area contributed by atoms with Crippen molar-refractivity contribution in [3.8, 4) is 5.75 Å². The van der Waals surface area contributed by atoms with Gasteiger partial charge < -0.3 is 19.9 Å². The van der Waals surface area contributed by atoms with Crippen molar-refractivity contribution in [3.63, 3.8) is 0 Å². The zero-order valence-electron chi connectivity index (χ0n) is 14.9. The highest BCUT2D eigenvalue weighted by Gasteiger charge is 2.36. The monoisotopic (exact) mass is 399 g/mol. The van der Waals surface area contributed by atoms with E-state index in [0.717, 1.165) is 21.8 Å². The average Bonchev–Trinajstić information content (AvgIpc) is 3.11. The molecule has 144 valence electrons. The van der Waals surface area contributed by atoms with Crippen molar-refractivity contribution in [2.24, 2.45) is 0 Å². The number of nitrogens with one attached hydrogen (secondary N) is 1. The first-order valence-electron chi connectivity index (χ1n) is 9.06. The van der Waals surface area contributed by atoms with Gasteiger partial charge in [0.25, 0.3) is 0 Å². The van der Waals surface area contributed by atoms with Crippen molar-refractivity contribution in [2.75, 3.05) is 31.1 Å². The molecular weight excluding hydrogens is 381 g/mol. The van der Waals surface area contributed by atoms with Crippen molar-refractivity contribution in [1.82, 2.24) is 20.2 Å². The van der Waals surface area contributed by atoms with Crippen molar-refractivity contribution in [1.29, 1.82) is 0 Å². The van der Waals surface area contributed by atoms with E-state index in [0.29, 0.717) is 26.2 Å². The fourth-order valence-electron chi connectivity index (χ4n) is 3.39. The topological polar surface area (TPSA) is 70.6 Å². The number of rotatable bonds is 4. The summed E-state index contributed by atoms with van der Waals surface area (Å²) in [7, 11) is 0. The van der Waals surface area contributed by atoms with Gasteiger partial charge in [0.1, 0.15) is 29.0 Å². The summed E-state index contributed by atoms with van der Waals surface area (Å²) in [5.74, 6) is 1.14. The van der Waals surface area contributed by atoms with E-state index in [1.54, 1.807) is 27.8 Å². The van der Waals surface area contributed by atoms with Crippen LogP contribution in [0.4, 0.5) is 15.0 Å². The normalized spacial score (nSPS) is 17.3. The average molecular weight is 399 g/mol. The maximum absolute atomic E-state index is 12.9. The predicted molar refractivity (Wildman–Crippen MR) is 104 cm³/mol. The number of nitrogens with zero attached hydrogens (tertiary/aromatic N) is 4. The maximum atomic E-state index is 12.9. The van der Waals surface area contributed by atoms with E-state index in [-0.39, 0.29) is 24.0 Å². The summed E-state index contributed by atoms with van der Waals surface area (Å²) >= 11 is 1.58. The van der Waals surface area contributed by atoms with Crippen molar-refractivity contribution >= 4 is 33.4 Å². The highest BCUT2D eigenvalue weighted by molar-refractivity contribution is 7.16. The molecule has 28 heavy (non-hydrogen) atoms. The van der Waals surface area contributed by atoms with E-state index in [9.17, 15) is 9.18 Å². The van der Waals surface area contributed by atoms with Gasteiger partial charge in [-0.15, -0.1) is 11.3 Å². The summed E-state index contributed by atoms with van der Waals surface area (Å²) in [4.78, 5) is 24.5. The highest BCUT2D eigenvalue weighted by atomic mass is 32.1. The molecular formula is C19H18FN5O2S. The molecule has 2 fully saturated rings. The first-order chi connectivity index (χ1) is 13.7. The van der Waals surface area contributed by atoms with E-state index in [4.69, 9.17) is 4.74 Å². The van der Waals surface area contributed by atoms with Gasteiger partial charge in [0.2, 0.25) is 0 Å². The lowest BCUT2D eigenvalue weighted by atomic mass is 10.1. The van der Waals surface area contributed by atoms with Crippen LogP contribution in [-0.2, 0) is 0 Å². The van der Waals surface area contributed by atoms with Crippen LogP contribution in [0.2, 0.25) is 0 Å². The number of benzene rings is 1. The van der Waals surface area contributed by atoms with Crippen LogP contribution in [0.25, 0.3) is 10.2 Å². The van der Waals surface area contributed by atoms with Crippen molar-refractivity contribution in [3.05, 3.63) is 47.9 Å². The molecule has 5 rings (SSSR count). The Hall–Kier alpha value is -2.94. The number of pyridine rings is 1. The molecule has 0 atom stereocenters. The summed E-state index contributed by atoms with van der Waals surface area (Å²) in [6, 6.07) is 8.92. The van der Waals surface area contributed by atoms with Crippen LogP contribution in [0, 0.1) is 5.82 Å². The maximum Gasteiger partial charge on any atom is 0.317 e. The number of aromatic nitrogens is 2. The van der Waals surface area contributed by atoms with Crippen LogP contribution in [0.5, 0.6) is 5.75 Å². The van der Waals surface area contributed by atoms with Crippen molar-refractivity contribution in [2.45, 2.75) is 12.1 Å². The molecule has 9 heteroatoms. The van der Waals surface area contributed by atoms with Crippen LogP contribution in [0.15, 0.2) is 42.0 Å². The van der Waals surface area contributed by atoms with Crippen LogP contribution in [0.3, 0.4) is 0 Å². The van der Waals surface area contributed by atoms with Crippen LogP contribution < -0.4 is 15.0 Å². The third-order valence-corrected chi connectivity index (χ3v) is 5.79. The second kappa shape index (κ2) is 6.90. The lowest BCUT2D eigenvalue weighted by Crippen LogP contribution is -2.65. The molecule has 4 heterocycles. The van der Waals surface area contributed by atoms with Crippen LogP contribution in [0.1, 0.15) is 0 Å². The molecule has 0 radical (unpaired) electrons. The molecule has 1 N–H and O–H groups in total. The first kappa shape index (κ1) is 17.2. The minimum Gasteiger partial charge on any atom is -0.484 e. The minimum atomic E-state index is -0.352. The fraction of sp³-hybridized carbons (Fsp3) is 0.316. The second-order valence-electron chi connectivity index (χ2n) is 6.99. The first-order valence-corrected chi connectivity index (χ1v) is 9.94. The third-order valence-electron chi connectivity index (χ3n) is 5.00. The lowest BCUT2D eigenvalue weighted by molar-refractivity contribution is 0.0440. The number of anilines is 1. The van der Waals surface area contributed by atoms with Gasteiger partial charge in [0, 0.05) is 13.1 Å². The Morgan fingerprint density at radius 1 is 1.18 bits per heavy atom. The van der Waals surface area contributed by atoms with E-state index >= 15 is 0 Å². The summed E-state index contributed by atoms with van der Waals surface area (Å²) in [5.41, 5.74) is 2.68. The fourth-order valence-corrected chi connectivity index (χ4v) is 4.09. The molecule has 1 aromatic carbocycles. The van der Waals surface area contributed by atoms with E-state index in [2.05, 4.69) is 15.3 Å². The number of thiazole rings is 1. The number of fused-ring (bicyclic) bond motifs is 1. The van der Waals surface area contributed by atoms with Gasteiger partial charge >= 0.3 is 6.03 Å². The molecule has 2 aromatic heterocycles. The van der Waals surface area contributed by atoms with E-state index in [1.165, 1.54) is 12.3 Å². The molecule has 2 amide bonds. The van der Waals surface area contributed by atoms with E-state index in [1.807, 2.05) is 23.1 Å². The summed E-state index contributed by atoms with van der Waals surface area (Å²) in [5, 5.41) is 3.02. The highest BCUT2D eigenvalue weighted by Crippen LogP contribution is 2.29. The number of hydrogen-bond acceptors (Lipinski definition) is 6. The number of amides is 2. The number of carbonyl (C=O) groups is 1. The smallest absolute Gasteiger partial charge is 0.317 e. The number of urea groups is 1. The van der Waals surface area contributed by atoms with Gasteiger partial charge in [-0.3, -0.25) is 0 Å². The Bertz CT molecular complexity index is 999. The molecule has 3 aromatic rings. The Labute approximate surface area is 164 Å². The summed E-state index contributed by atoms with van der Waals surface area (Å²) in [6.07, 6.45) is 1.19. The number of ether oxygens (including phenoxy) is 1.